The molecule has 18 heavy (non-hydrogen) atoms. The van der Waals surface area contributed by atoms with Gasteiger partial charge in [-0.3, -0.25) is 0 Å². The van der Waals surface area contributed by atoms with Gasteiger partial charge in [-0.05, 0) is 55.0 Å². The van der Waals surface area contributed by atoms with Crippen molar-refractivity contribution < 1.29 is 0 Å². The maximum Gasteiger partial charge on any atom is 0.0517 e. The molecule has 1 nitrogen and oxygen atoms in total. The van der Waals surface area contributed by atoms with Crippen LogP contribution in [0.1, 0.15) is 34.7 Å². The zero-order valence-electron chi connectivity index (χ0n) is 11.0. The molecule has 1 aliphatic heterocycles. The lowest BCUT2D eigenvalue weighted by atomic mass is 9.92. The Hall–Kier alpha value is -1.76. The monoisotopic (exact) mass is 237 g/mol. The van der Waals surface area contributed by atoms with E-state index in [1.54, 1.807) is 0 Å². The van der Waals surface area contributed by atoms with Crippen molar-refractivity contribution >= 4 is 5.69 Å². The van der Waals surface area contributed by atoms with Crippen LogP contribution in [0.15, 0.2) is 42.5 Å². The van der Waals surface area contributed by atoms with Crippen molar-refractivity contribution in [2.24, 2.45) is 0 Å². The van der Waals surface area contributed by atoms with Gasteiger partial charge in [0, 0.05) is 5.69 Å². The molecule has 0 unspecified atom stereocenters. The SMILES string of the molecule is Cc1ccc([C@H]2CCc3ccccc3N2)cc1C. The maximum absolute atomic E-state index is 3.66. The Kier molecular flexibility index (Phi) is 2.83. The molecular weight excluding hydrogens is 218 g/mol. The average molecular weight is 237 g/mol. The summed E-state index contributed by atoms with van der Waals surface area (Å²) < 4.78 is 0. The Bertz CT molecular complexity index is 572. The van der Waals surface area contributed by atoms with Crippen LogP contribution in [0, 0.1) is 13.8 Å². The van der Waals surface area contributed by atoms with Gasteiger partial charge in [-0.2, -0.15) is 0 Å². The summed E-state index contributed by atoms with van der Waals surface area (Å²) in [5.74, 6) is 0. The molecule has 2 aromatic carbocycles. The van der Waals surface area contributed by atoms with Crippen LogP contribution in [0.25, 0.3) is 0 Å². The molecule has 0 bridgehead atoms. The predicted octanol–water partition coefficient (Wildman–Crippen LogP) is 4.40. The summed E-state index contributed by atoms with van der Waals surface area (Å²) in [6.45, 7) is 4.36. The smallest absolute Gasteiger partial charge is 0.0517 e. The summed E-state index contributed by atoms with van der Waals surface area (Å²) in [5, 5.41) is 3.66. The van der Waals surface area contributed by atoms with Gasteiger partial charge in [0.05, 0.1) is 6.04 Å². The first-order valence-electron chi connectivity index (χ1n) is 6.65. The van der Waals surface area contributed by atoms with E-state index in [4.69, 9.17) is 0 Å². The standard InChI is InChI=1S/C17H19N/c1-12-7-8-15(11-13(12)2)17-10-9-14-5-3-4-6-16(14)18-17/h3-8,11,17-18H,9-10H2,1-2H3/t17-/m1/s1. The molecule has 1 heteroatoms. The van der Waals surface area contributed by atoms with Gasteiger partial charge in [0.25, 0.3) is 0 Å². The molecule has 2 aromatic rings. The van der Waals surface area contributed by atoms with Gasteiger partial charge < -0.3 is 5.32 Å². The molecule has 92 valence electrons. The zero-order chi connectivity index (χ0) is 12.5. The number of nitrogens with one attached hydrogen (secondary N) is 1. The predicted molar refractivity (Wildman–Crippen MR) is 77.0 cm³/mol. The number of fused-ring (bicyclic) bond motifs is 1. The molecular formula is C17H19N. The normalized spacial score (nSPS) is 18.0. The van der Waals surface area contributed by atoms with Gasteiger partial charge in [-0.15, -0.1) is 0 Å². The number of hydrogen-bond acceptors (Lipinski definition) is 1. The highest BCUT2D eigenvalue weighted by Crippen LogP contribution is 2.32. The third-order valence-corrected chi connectivity index (χ3v) is 3.98. The molecule has 0 saturated heterocycles. The van der Waals surface area contributed by atoms with Crippen molar-refractivity contribution in [1.82, 2.24) is 0 Å². The van der Waals surface area contributed by atoms with E-state index in [0.29, 0.717) is 6.04 Å². The highest BCUT2D eigenvalue weighted by molar-refractivity contribution is 5.55. The molecule has 3 rings (SSSR count). The van der Waals surface area contributed by atoms with Gasteiger partial charge in [0.15, 0.2) is 0 Å². The van der Waals surface area contributed by atoms with Crippen LogP contribution in [-0.2, 0) is 6.42 Å². The largest absolute Gasteiger partial charge is 0.378 e. The first-order valence-corrected chi connectivity index (χ1v) is 6.65. The molecule has 1 N–H and O–H groups in total. The molecule has 0 amide bonds. The first-order chi connectivity index (χ1) is 8.74. The van der Waals surface area contributed by atoms with Gasteiger partial charge in [0.1, 0.15) is 0 Å². The van der Waals surface area contributed by atoms with E-state index < -0.39 is 0 Å². The number of anilines is 1. The summed E-state index contributed by atoms with van der Waals surface area (Å²) in [6.07, 6.45) is 2.35. The summed E-state index contributed by atoms with van der Waals surface area (Å²) in [5.41, 5.74) is 6.90. The molecule has 0 radical (unpaired) electrons. The Morgan fingerprint density at radius 3 is 2.67 bits per heavy atom. The number of aryl methyl sites for hydroxylation is 3. The summed E-state index contributed by atoms with van der Waals surface area (Å²) in [7, 11) is 0. The molecule has 1 aliphatic rings. The first kappa shape index (κ1) is 11.3. The van der Waals surface area contributed by atoms with E-state index in [1.165, 1.54) is 40.8 Å². The summed E-state index contributed by atoms with van der Waals surface area (Å²) in [4.78, 5) is 0. The van der Waals surface area contributed by atoms with Crippen LogP contribution in [0.4, 0.5) is 5.69 Å². The zero-order valence-corrected chi connectivity index (χ0v) is 11.0. The quantitative estimate of drug-likeness (QED) is 0.775. The minimum absolute atomic E-state index is 0.458. The molecule has 0 fully saturated rings. The second kappa shape index (κ2) is 4.49. The Morgan fingerprint density at radius 2 is 1.83 bits per heavy atom. The Morgan fingerprint density at radius 1 is 1.00 bits per heavy atom. The molecule has 1 heterocycles. The van der Waals surface area contributed by atoms with E-state index in [1.807, 2.05) is 0 Å². The molecule has 1 atom stereocenters. The van der Waals surface area contributed by atoms with Crippen molar-refractivity contribution in [3.63, 3.8) is 0 Å². The lowest BCUT2D eigenvalue weighted by molar-refractivity contribution is 0.667. The highest BCUT2D eigenvalue weighted by Gasteiger charge is 2.18. The number of para-hydroxylation sites is 1. The molecule has 0 spiro atoms. The van der Waals surface area contributed by atoms with Crippen LogP contribution in [0.5, 0.6) is 0 Å². The van der Waals surface area contributed by atoms with E-state index in [2.05, 4.69) is 61.6 Å². The second-order valence-corrected chi connectivity index (χ2v) is 5.24. The van der Waals surface area contributed by atoms with Crippen LogP contribution in [0.2, 0.25) is 0 Å². The second-order valence-electron chi connectivity index (χ2n) is 5.24. The fourth-order valence-electron chi connectivity index (χ4n) is 2.67. The van der Waals surface area contributed by atoms with Crippen molar-refractivity contribution in [3.8, 4) is 0 Å². The lowest BCUT2D eigenvalue weighted by Crippen LogP contribution is -2.18. The Labute approximate surface area is 109 Å². The van der Waals surface area contributed by atoms with Crippen LogP contribution < -0.4 is 5.32 Å². The van der Waals surface area contributed by atoms with Crippen LogP contribution in [-0.4, -0.2) is 0 Å². The van der Waals surface area contributed by atoms with Crippen LogP contribution in [0.3, 0.4) is 0 Å². The maximum atomic E-state index is 3.66. The minimum atomic E-state index is 0.458. The van der Waals surface area contributed by atoms with Crippen molar-refractivity contribution in [2.45, 2.75) is 32.7 Å². The van der Waals surface area contributed by atoms with Gasteiger partial charge >= 0.3 is 0 Å². The molecule has 0 aliphatic carbocycles. The topological polar surface area (TPSA) is 12.0 Å². The fraction of sp³-hybridized carbons (Fsp3) is 0.294. The van der Waals surface area contributed by atoms with Crippen molar-refractivity contribution in [2.75, 3.05) is 5.32 Å². The van der Waals surface area contributed by atoms with Crippen LogP contribution >= 0.6 is 0 Å². The third-order valence-electron chi connectivity index (χ3n) is 3.98. The van der Waals surface area contributed by atoms with E-state index in [0.717, 1.165) is 0 Å². The number of benzene rings is 2. The fourth-order valence-corrected chi connectivity index (χ4v) is 2.67. The van der Waals surface area contributed by atoms with E-state index in [9.17, 15) is 0 Å². The van der Waals surface area contributed by atoms with Gasteiger partial charge in [0.2, 0.25) is 0 Å². The van der Waals surface area contributed by atoms with Gasteiger partial charge in [-0.1, -0.05) is 36.4 Å². The highest BCUT2D eigenvalue weighted by atomic mass is 14.9. The van der Waals surface area contributed by atoms with Gasteiger partial charge in [-0.25, -0.2) is 0 Å². The van der Waals surface area contributed by atoms with Crippen molar-refractivity contribution in [3.05, 3.63) is 64.7 Å². The summed E-state index contributed by atoms with van der Waals surface area (Å²) >= 11 is 0. The minimum Gasteiger partial charge on any atom is -0.378 e. The number of hydrogen-bond donors (Lipinski definition) is 1. The third kappa shape index (κ3) is 2.01. The Balaban J connectivity index is 1.89. The van der Waals surface area contributed by atoms with E-state index >= 15 is 0 Å². The van der Waals surface area contributed by atoms with E-state index in [-0.39, 0.29) is 0 Å². The molecule has 0 saturated carbocycles. The van der Waals surface area contributed by atoms with Crippen molar-refractivity contribution in [1.29, 1.82) is 0 Å². The molecule has 0 aromatic heterocycles. The number of rotatable bonds is 1. The average Bonchev–Trinajstić information content (AvgIpc) is 2.41. The lowest BCUT2D eigenvalue weighted by Gasteiger charge is -2.27. The summed E-state index contributed by atoms with van der Waals surface area (Å²) in [6, 6.07) is 15.9.